The lowest BCUT2D eigenvalue weighted by molar-refractivity contribution is 0.614. The number of nitriles is 2. The van der Waals surface area contributed by atoms with E-state index in [1.54, 1.807) is 12.1 Å². The summed E-state index contributed by atoms with van der Waals surface area (Å²) in [6, 6.07) is 8.95. The van der Waals surface area contributed by atoms with Crippen LogP contribution in [0.15, 0.2) is 18.2 Å². The van der Waals surface area contributed by atoms with Gasteiger partial charge in [-0.1, -0.05) is 19.9 Å². The third kappa shape index (κ3) is 3.41. The molecule has 1 aliphatic rings. The minimum absolute atomic E-state index is 0.0732. The van der Waals surface area contributed by atoms with Gasteiger partial charge in [0.2, 0.25) is 0 Å². The van der Waals surface area contributed by atoms with E-state index in [-0.39, 0.29) is 5.56 Å². The van der Waals surface area contributed by atoms with Gasteiger partial charge >= 0.3 is 0 Å². The lowest BCUT2D eigenvalue weighted by atomic mass is 10.0. The molecule has 138 valence electrons. The first-order valence-corrected chi connectivity index (χ1v) is 9.11. The van der Waals surface area contributed by atoms with Crippen molar-refractivity contribution in [3.8, 4) is 12.1 Å². The lowest BCUT2D eigenvalue weighted by Gasteiger charge is -2.37. The molecule has 0 amide bonds. The van der Waals surface area contributed by atoms with Gasteiger partial charge in [0, 0.05) is 26.2 Å². The van der Waals surface area contributed by atoms with Crippen molar-refractivity contribution >= 4 is 11.5 Å². The van der Waals surface area contributed by atoms with Crippen molar-refractivity contribution in [2.75, 3.05) is 36.0 Å². The molecule has 1 aliphatic heterocycles. The van der Waals surface area contributed by atoms with Gasteiger partial charge in [0.15, 0.2) is 5.82 Å². The quantitative estimate of drug-likeness (QED) is 0.830. The normalized spacial score (nSPS) is 14.0. The van der Waals surface area contributed by atoms with Crippen LogP contribution >= 0.6 is 0 Å². The van der Waals surface area contributed by atoms with Gasteiger partial charge in [-0.25, -0.2) is 4.39 Å². The zero-order valence-corrected chi connectivity index (χ0v) is 15.5. The van der Waals surface area contributed by atoms with Crippen molar-refractivity contribution in [3.05, 3.63) is 46.4 Å². The van der Waals surface area contributed by atoms with Gasteiger partial charge in [0.05, 0.1) is 11.4 Å². The highest BCUT2D eigenvalue weighted by Gasteiger charge is 2.25. The fourth-order valence-electron chi connectivity index (χ4n) is 3.55. The molecule has 0 saturated carbocycles. The minimum atomic E-state index is -0.502. The summed E-state index contributed by atoms with van der Waals surface area (Å²) in [5.41, 5.74) is 3.11. The van der Waals surface area contributed by atoms with E-state index < -0.39 is 5.82 Å². The van der Waals surface area contributed by atoms with Crippen LogP contribution in [0, 0.1) is 28.5 Å². The summed E-state index contributed by atoms with van der Waals surface area (Å²) in [7, 11) is 0. The molecule has 2 aromatic rings. The first-order valence-electron chi connectivity index (χ1n) is 9.11. The molecule has 0 radical (unpaired) electrons. The Labute approximate surface area is 158 Å². The van der Waals surface area contributed by atoms with E-state index in [1.807, 2.05) is 29.7 Å². The van der Waals surface area contributed by atoms with E-state index in [0.29, 0.717) is 43.2 Å². The molecule has 0 unspecified atom stereocenters. The summed E-state index contributed by atoms with van der Waals surface area (Å²) < 4.78 is 13.9. The number of aryl methyl sites for hydroxylation is 1. The summed E-state index contributed by atoms with van der Waals surface area (Å²) in [5.74, 6) is 0.115. The smallest absolute Gasteiger partial charge is 0.169 e. The predicted molar refractivity (Wildman–Crippen MR) is 101 cm³/mol. The number of hydrogen-bond acceptors (Lipinski definition) is 6. The summed E-state index contributed by atoms with van der Waals surface area (Å²) in [6.45, 7) is 6.50. The molecule has 0 atom stereocenters. The fourth-order valence-corrected chi connectivity index (χ4v) is 3.55. The van der Waals surface area contributed by atoms with Crippen LogP contribution in [0.25, 0.3) is 0 Å². The number of hydrogen-bond donors (Lipinski definition) is 0. The summed E-state index contributed by atoms with van der Waals surface area (Å²) in [4.78, 5) is 4.05. The minimum Gasteiger partial charge on any atom is -0.367 e. The molecule has 0 bridgehead atoms. The van der Waals surface area contributed by atoms with Crippen LogP contribution in [-0.4, -0.2) is 36.4 Å². The highest BCUT2D eigenvalue weighted by Crippen LogP contribution is 2.27. The van der Waals surface area contributed by atoms with E-state index >= 15 is 0 Å². The Balaban J connectivity index is 1.84. The molecule has 2 heterocycles. The van der Waals surface area contributed by atoms with Crippen molar-refractivity contribution in [1.82, 2.24) is 10.2 Å². The summed E-state index contributed by atoms with van der Waals surface area (Å²) >= 11 is 0. The Kier molecular flexibility index (Phi) is 5.52. The SMILES string of the molecule is CCc1nnc(N2CCN(c3cccc(F)c3C#N)CC2)c(C#N)c1CC. The van der Waals surface area contributed by atoms with Crippen LogP contribution in [0.1, 0.15) is 36.2 Å². The van der Waals surface area contributed by atoms with Crippen molar-refractivity contribution in [2.45, 2.75) is 26.7 Å². The number of aromatic nitrogens is 2. The Morgan fingerprint density at radius 1 is 0.963 bits per heavy atom. The van der Waals surface area contributed by atoms with Gasteiger partial charge in [-0.15, -0.1) is 5.10 Å². The number of benzene rings is 1. The Hall–Kier alpha value is -3.19. The molecular formula is C20H21FN6. The molecule has 0 aliphatic carbocycles. The van der Waals surface area contributed by atoms with E-state index in [4.69, 9.17) is 0 Å². The average Bonchev–Trinajstić information content (AvgIpc) is 2.72. The highest BCUT2D eigenvalue weighted by atomic mass is 19.1. The van der Waals surface area contributed by atoms with Crippen LogP contribution in [0.3, 0.4) is 0 Å². The second-order valence-corrected chi connectivity index (χ2v) is 6.36. The topological polar surface area (TPSA) is 79.8 Å². The van der Waals surface area contributed by atoms with E-state index in [2.05, 4.69) is 16.3 Å². The molecule has 0 N–H and O–H groups in total. The maximum absolute atomic E-state index is 13.9. The van der Waals surface area contributed by atoms with Crippen LogP contribution in [-0.2, 0) is 12.8 Å². The Morgan fingerprint density at radius 2 is 1.63 bits per heavy atom. The number of halogens is 1. The lowest BCUT2D eigenvalue weighted by Crippen LogP contribution is -2.47. The van der Waals surface area contributed by atoms with Crippen LogP contribution in [0.2, 0.25) is 0 Å². The molecule has 27 heavy (non-hydrogen) atoms. The standard InChI is InChI=1S/C20H21FN6/c1-3-14-15(12-22)20(25-24-18(14)4-2)27-10-8-26(9-11-27)19-7-5-6-17(21)16(19)13-23/h5-7H,3-4,8-11H2,1-2H3. The molecule has 1 aromatic carbocycles. The molecule has 1 aromatic heterocycles. The van der Waals surface area contributed by atoms with Crippen LogP contribution in [0.4, 0.5) is 15.9 Å². The van der Waals surface area contributed by atoms with E-state index in [9.17, 15) is 14.9 Å². The maximum Gasteiger partial charge on any atom is 0.169 e. The summed E-state index contributed by atoms with van der Waals surface area (Å²) in [5, 5.41) is 27.6. The Bertz CT molecular complexity index is 919. The largest absolute Gasteiger partial charge is 0.367 e. The van der Waals surface area contributed by atoms with Crippen molar-refractivity contribution in [2.24, 2.45) is 0 Å². The average molecular weight is 364 g/mol. The second kappa shape index (κ2) is 8.01. The molecular weight excluding hydrogens is 343 g/mol. The number of nitrogens with zero attached hydrogens (tertiary/aromatic N) is 6. The predicted octanol–water partition coefficient (Wildman–Crippen LogP) is 2.81. The summed E-state index contributed by atoms with van der Waals surface area (Å²) in [6.07, 6.45) is 1.48. The monoisotopic (exact) mass is 364 g/mol. The molecule has 7 heteroatoms. The second-order valence-electron chi connectivity index (χ2n) is 6.36. The zero-order valence-electron chi connectivity index (χ0n) is 15.5. The van der Waals surface area contributed by atoms with Crippen LogP contribution in [0.5, 0.6) is 0 Å². The number of piperazine rings is 1. The van der Waals surface area contributed by atoms with E-state index in [1.165, 1.54) is 6.07 Å². The zero-order chi connectivity index (χ0) is 19.4. The van der Waals surface area contributed by atoms with Crippen molar-refractivity contribution in [1.29, 1.82) is 10.5 Å². The number of rotatable bonds is 4. The number of anilines is 2. The third-order valence-electron chi connectivity index (χ3n) is 4.96. The Morgan fingerprint density at radius 3 is 2.22 bits per heavy atom. The van der Waals surface area contributed by atoms with Gasteiger partial charge < -0.3 is 9.80 Å². The van der Waals surface area contributed by atoms with Gasteiger partial charge in [-0.2, -0.15) is 15.6 Å². The van der Waals surface area contributed by atoms with E-state index in [0.717, 1.165) is 24.1 Å². The van der Waals surface area contributed by atoms with Crippen molar-refractivity contribution in [3.63, 3.8) is 0 Å². The molecule has 1 fully saturated rings. The first kappa shape index (κ1) is 18.6. The van der Waals surface area contributed by atoms with Gasteiger partial charge in [0.1, 0.15) is 29.1 Å². The van der Waals surface area contributed by atoms with Crippen LogP contribution < -0.4 is 9.80 Å². The molecule has 3 rings (SSSR count). The van der Waals surface area contributed by atoms with Gasteiger partial charge in [-0.05, 0) is 30.5 Å². The fraction of sp³-hybridized carbons (Fsp3) is 0.400. The maximum atomic E-state index is 13.9. The van der Waals surface area contributed by atoms with Gasteiger partial charge in [-0.3, -0.25) is 0 Å². The molecule has 6 nitrogen and oxygen atoms in total. The first-order chi connectivity index (χ1) is 13.1. The third-order valence-corrected chi connectivity index (χ3v) is 4.96. The van der Waals surface area contributed by atoms with Gasteiger partial charge in [0.25, 0.3) is 0 Å². The van der Waals surface area contributed by atoms with Crippen molar-refractivity contribution < 1.29 is 4.39 Å². The molecule has 0 spiro atoms. The molecule has 1 saturated heterocycles. The highest BCUT2D eigenvalue weighted by molar-refractivity contribution is 5.62.